The Bertz CT molecular complexity index is 963. The van der Waals surface area contributed by atoms with Crippen LogP contribution in [-0.2, 0) is 5.41 Å². The van der Waals surface area contributed by atoms with Crippen LogP contribution in [0.15, 0.2) is 46.3 Å². The number of halogens is 2. The number of hydrogen-bond donors (Lipinski definition) is 0. The molecule has 0 fully saturated rings. The Morgan fingerprint density at radius 3 is 2.26 bits per heavy atom. The lowest BCUT2D eigenvalue weighted by Crippen LogP contribution is -2.10. The smallest absolute Gasteiger partial charge is 0.147 e. The molecule has 7 heteroatoms. The number of ether oxygens (including phenoxy) is 1. The molecule has 4 nitrogen and oxygen atoms in total. The Morgan fingerprint density at radius 2 is 1.67 bits per heavy atom. The van der Waals surface area contributed by atoms with Crippen LogP contribution in [0, 0.1) is 6.92 Å². The van der Waals surface area contributed by atoms with E-state index in [-0.39, 0.29) is 5.41 Å². The Kier molecular flexibility index (Phi) is 5.75. The minimum absolute atomic E-state index is 0.132. The minimum atomic E-state index is 0.132. The normalized spacial score (nSPS) is 11.7. The highest BCUT2D eigenvalue weighted by atomic mass is 35.5. The van der Waals surface area contributed by atoms with Crippen LogP contribution < -0.4 is 4.74 Å². The largest absolute Gasteiger partial charge is 0.494 e. The predicted octanol–water partition coefficient (Wildman–Crippen LogP) is 6.34. The van der Waals surface area contributed by atoms with Crippen molar-refractivity contribution in [3.8, 4) is 11.4 Å². The quantitative estimate of drug-likeness (QED) is 0.492. The van der Waals surface area contributed by atoms with Crippen LogP contribution in [0.5, 0.6) is 5.75 Å². The van der Waals surface area contributed by atoms with Crippen molar-refractivity contribution in [1.82, 2.24) is 15.0 Å². The lowest BCUT2D eigenvalue weighted by molar-refractivity contribution is 0.411. The Balaban J connectivity index is 1.91. The van der Waals surface area contributed by atoms with Crippen molar-refractivity contribution in [3.05, 3.63) is 57.7 Å². The molecule has 0 amide bonds. The zero-order chi connectivity index (χ0) is 19.8. The van der Waals surface area contributed by atoms with E-state index in [0.29, 0.717) is 21.5 Å². The Labute approximate surface area is 173 Å². The molecule has 0 unspecified atom stereocenters. The molecule has 0 atom stereocenters. The van der Waals surface area contributed by atoms with E-state index in [9.17, 15) is 0 Å². The summed E-state index contributed by atoms with van der Waals surface area (Å²) in [5.74, 6) is 0.587. The molecule has 2 aromatic carbocycles. The highest BCUT2D eigenvalue weighted by Crippen LogP contribution is 2.36. The van der Waals surface area contributed by atoms with Gasteiger partial charge in [0.1, 0.15) is 16.5 Å². The average molecular weight is 422 g/mol. The van der Waals surface area contributed by atoms with E-state index in [0.717, 1.165) is 15.6 Å². The highest BCUT2D eigenvalue weighted by molar-refractivity contribution is 7.99. The van der Waals surface area contributed by atoms with Gasteiger partial charge in [0.2, 0.25) is 0 Å². The first-order valence-electron chi connectivity index (χ1n) is 8.45. The van der Waals surface area contributed by atoms with Crippen molar-refractivity contribution >= 4 is 35.0 Å². The number of benzene rings is 2. The summed E-state index contributed by atoms with van der Waals surface area (Å²) >= 11 is 13.8. The molecular weight excluding hydrogens is 401 g/mol. The molecule has 0 saturated carbocycles. The van der Waals surface area contributed by atoms with Crippen LogP contribution in [-0.4, -0.2) is 22.1 Å². The van der Waals surface area contributed by atoms with Gasteiger partial charge in [0.05, 0.1) is 22.8 Å². The van der Waals surface area contributed by atoms with Crippen LogP contribution in [0.1, 0.15) is 32.0 Å². The molecule has 0 aliphatic heterocycles. The third-order valence-electron chi connectivity index (χ3n) is 4.24. The first-order chi connectivity index (χ1) is 12.7. The molecule has 0 aliphatic rings. The third-order valence-corrected chi connectivity index (χ3v) is 6.04. The van der Waals surface area contributed by atoms with Gasteiger partial charge in [0.15, 0.2) is 0 Å². The predicted molar refractivity (Wildman–Crippen MR) is 112 cm³/mol. The van der Waals surface area contributed by atoms with Crippen LogP contribution in [0.2, 0.25) is 10.0 Å². The fourth-order valence-corrected chi connectivity index (χ4v) is 3.74. The summed E-state index contributed by atoms with van der Waals surface area (Å²) in [6.07, 6.45) is 0. The molecule has 0 aliphatic carbocycles. The first-order valence-corrected chi connectivity index (χ1v) is 10.0. The van der Waals surface area contributed by atoms with E-state index in [1.807, 2.05) is 6.92 Å². The lowest BCUT2D eigenvalue weighted by Gasteiger charge is -2.18. The number of aromatic nitrogens is 3. The zero-order valence-electron chi connectivity index (χ0n) is 15.9. The Hall–Kier alpha value is -1.69. The lowest BCUT2D eigenvalue weighted by atomic mass is 9.87. The van der Waals surface area contributed by atoms with Crippen molar-refractivity contribution in [1.29, 1.82) is 0 Å². The van der Waals surface area contributed by atoms with Gasteiger partial charge in [-0.1, -0.05) is 73.1 Å². The Morgan fingerprint density at radius 1 is 1.04 bits per heavy atom. The second-order valence-electron chi connectivity index (χ2n) is 7.21. The minimum Gasteiger partial charge on any atom is -0.494 e. The van der Waals surface area contributed by atoms with Gasteiger partial charge in [-0.05, 0) is 36.1 Å². The highest BCUT2D eigenvalue weighted by Gasteiger charge is 2.17. The van der Waals surface area contributed by atoms with Gasteiger partial charge >= 0.3 is 0 Å². The van der Waals surface area contributed by atoms with E-state index in [2.05, 4.69) is 55.3 Å². The number of methoxy groups -OCH3 is 1. The maximum atomic E-state index is 6.18. The number of hydrogen-bond acceptors (Lipinski definition) is 4. The molecule has 0 saturated heterocycles. The summed E-state index contributed by atoms with van der Waals surface area (Å²) in [7, 11) is 1.59. The molecule has 1 aromatic heterocycles. The SMILES string of the molecule is COc1cc(Cl)c(Cl)cc1-n1nnc(Sc2ccc(C(C)(C)C)cc2)c1C. The fourth-order valence-electron chi connectivity index (χ4n) is 2.62. The van der Waals surface area contributed by atoms with E-state index < -0.39 is 0 Å². The zero-order valence-corrected chi connectivity index (χ0v) is 18.2. The molecule has 1 heterocycles. The van der Waals surface area contributed by atoms with Gasteiger partial charge < -0.3 is 4.74 Å². The third kappa shape index (κ3) is 4.26. The van der Waals surface area contributed by atoms with E-state index in [1.165, 1.54) is 5.56 Å². The summed E-state index contributed by atoms with van der Waals surface area (Å²) in [5.41, 5.74) is 3.03. The standard InChI is InChI=1S/C20H21Cl2N3OS/c1-12-19(27-14-8-6-13(7-9-14)20(2,3)4)23-24-25(12)17-10-15(21)16(22)11-18(17)26-5/h6-11H,1-5H3. The summed E-state index contributed by atoms with van der Waals surface area (Å²) < 4.78 is 7.14. The van der Waals surface area contributed by atoms with E-state index in [4.69, 9.17) is 27.9 Å². The second-order valence-corrected chi connectivity index (χ2v) is 9.08. The molecule has 3 aromatic rings. The molecule has 0 radical (unpaired) electrons. The second kappa shape index (κ2) is 7.74. The average Bonchev–Trinajstić information content (AvgIpc) is 2.97. The van der Waals surface area contributed by atoms with Gasteiger partial charge in [0.25, 0.3) is 0 Å². The van der Waals surface area contributed by atoms with Gasteiger partial charge in [0, 0.05) is 11.0 Å². The first kappa shape index (κ1) is 20.1. The van der Waals surface area contributed by atoms with Crippen molar-refractivity contribution < 1.29 is 4.74 Å². The van der Waals surface area contributed by atoms with Gasteiger partial charge in [-0.25, -0.2) is 4.68 Å². The van der Waals surface area contributed by atoms with Gasteiger partial charge in [-0.2, -0.15) is 0 Å². The maximum Gasteiger partial charge on any atom is 0.147 e. The molecule has 0 N–H and O–H groups in total. The summed E-state index contributed by atoms with van der Waals surface area (Å²) in [5, 5.41) is 10.3. The summed E-state index contributed by atoms with van der Waals surface area (Å²) in [6, 6.07) is 12.0. The molecule has 3 rings (SSSR count). The van der Waals surface area contributed by atoms with Crippen molar-refractivity contribution in [2.75, 3.05) is 7.11 Å². The topological polar surface area (TPSA) is 39.9 Å². The van der Waals surface area contributed by atoms with Crippen molar-refractivity contribution in [2.24, 2.45) is 0 Å². The van der Waals surface area contributed by atoms with Crippen LogP contribution in [0.3, 0.4) is 0 Å². The monoisotopic (exact) mass is 421 g/mol. The van der Waals surface area contributed by atoms with E-state index >= 15 is 0 Å². The molecule has 142 valence electrons. The van der Waals surface area contributed by atoms with Crippen LogP contribution in [0.25, 0.3) is 5.69 Å². The summed E-state index contributed by atoms with van der Waals surface area (Å²) in [6.45, 7) is 8.58. The van der Waals surface area contributed by atoms with Crippen LogP contribution in [0.4, 0.5) is 0 Å². The number of nitrogens with zero attached hydrogens (tertiary/aromatic N) is 3. The van der Waals surface area contributed by atoms with Crippen molar-refractivity contribution in [2.45, 2.75) is 43.0 Å². The molecule has 27 heavy (non-hydrogen) atoms. The van der Waals surface area contributed by atoms with Crippen LogP contribution >= 0.6 is 35.0 Å². The molecule has 0 spiro atoms. The number of rotatable bonds is 4. The van der Waals surface area contributed by atoms with Crippen molar-refractivity contribution in [3.63, 3.8) is 0 Å². The fraction of sp³-hybridized carbons (Fsp3) is 0.300. The van der Waals surface area contributed by atoms with Gasteiger partial charge in [-0.15, -0.1) is 5.10 Å². The molecule has 0 bridgehead atoms. The summed E-state index contributed by atoms with van der Waals surface area (Å²) in [4.78, 5) is 1.11. The van der Waals surface area contributed by atoms with Gasteiger partial charge in [-0.3, -0.25) is 0 Å². The maximum absolute atomic E-state index is 6.18. The molecular formula is C20H21Cl2N3OS. The van der Waals surface area contributed by atoms with E-state index in [1.54, 1.807) is 35.7 Å².